The van der Waals surface area contributed by atoms with Crippen LogP contribution in [0.25, 0.3) is 0 Å². The van der Waals surface area contributed by atoms with Gasteiger partial charge < -0.3 is 10.5 Å². The van der Waals surface area contributed by atoms with Gasteiger partial charge in [-0.1, -0.05) is 6.07 Å². The molecular weight excluding hydrogens is 238 g/mol. The molecular formula is C12H16ClN3O. The van der Waals surface area contributed by atoms with Crippen molar-refractivity contribution < 1.29 is 4.74 Å². The topological polar surface area (TPSA) is 53.1 Å². The fourth-order valence-electron chi connectivity index (χ4n) is 1.67. The standard InChI is InChI=1S/C12H15N3O.ClH/c1-8-4-9(2)6-10(5-8)16-12-11(13)7-15(3)14-12;/h4-7H,13H2,1-3H3;1H. The van der Waals surface area contributed by atoms with Crippen molar-refractivity contribution in [3.63, 3.8) is 0 Å². The molecule has 0 bridgehead atoms. The normalized spacial score (nSPS) is 9.82. The van der Waals surface area contributed by atoms with Crippen LogP contribution in [0.5, 0.6) is 11.6 Å². The van der Waals surface area contributed by atoms with E-state index in [1.54, 1.807) is 10.9 Å². The van der Waals surface area contributed by atoms with E-state index in [-0.39, 0.29) is 12.4 Å². The number of hydrogen-bond acceptors (Lipinski definition) is 3. The second-order valence-corrected chi connectivity index (χ2v) is 3.99. The zero-order valence-corrected chi connectivity index (χ0v) is 10.9. The average Bonchev–Trinajstić information content (AvgIpc) is 2.43. The number of ether oxygens (including phenoxy) is 1. The smallest absolute Gasteiger partial charge is 0.261 e. The fraction of sp³-hybridized carbons (Fsp3) is 0.250. The van der Waals surface area contributed by atoms with E-state index in [4.69, 9.17) is 10.5 Å². The van der Waals surface area contributed by atoms with Gasteiger partial charge in [-0.25, -0.2) is 0 Å². The summed E-state index contributed by atoms with van der Waals surface area (Å²) in [6.07, 6.45) is 1.72. The van der Waals surface area contributed by atoms with E-state index < -0.39 is 0 Å². The number of nitrogens with zero attached hydrogens (tertiary/aromatic N) is 2. The lowest BCUT2D eigenvalue weighted by atomic mass is 10.1. The van der Waals surface area contributed by atoms with Crippen LogP contribution in [0.4, 0.5) is 5.69 Å². The minimum absolute atomic E-state index is 0. The van der Waals surface area contributed by atoms with E-state index >= 15 is 0 Å². The molecule has 2 N–H and O–H groups in total. The van der Waals surface area contributed by atoms with E-state index in [1.165, 1.54) is 0 Å². The highest BCUT2D eigenvalue weighted by atomic mass is 35.5. The Balaban J connectivity index is 0.00000144. The molecule has 92 valence electrons. The highest BCUT2D eigenvalue weighted by Gasteiger charge is 2.07. The number of hydrogen-bond donors (Lipinski definition) is 1. The van der Waals surface area contributed by atoms with E-state index in [1.807, 2.05) is 33.0 Å². The molecule has 17 heavy (non-hydrogen) atoms. The van der Waals surface area contributed by atoms with Gasteiger partial charge in [-0.05, 0) is 37.1 Å². The summed E-state index contributed by atoms with van der Waals surface area (Å²) in [6, 6.07) is 6.01. The summed E-state index contributed by atoms with van der Waals surface area (Å²) in [7, 11) is 1.81. The van der Waals surface area contributed by atoms with Crippen molar-refractivity contribution in [2.75, 3.05) is 5.73 Å². The molecule has 0 radical (unpaired) electrons. The van der Waals surface area contributed by atoms with Crippen molar-refractivity contribution in [1.29, 1.82) is 0 Å². The first-order chi connectivity index (χ1) is 7.54. The highest BCUT2D eigenvalue weighted by Crippen LogP contribution is 2.26. The van der Waals surface area contributed by atoms with Crippen LogP contribution < -0.4 is 10.5 Å². The quantitative estimate of drug-likeness (QED) is 0.895. The molecule has 0 spiro atoms. The predicted octanol–water partition coefficient (Wildman–Crippen LogP) is 2.83. The van der Waals surface area contributed by atoms with Gasteiger partial charge in [0.15, 0.2) is 0 Å². The molecule has 1 heterocycles. The number of anilines is 1. The lowest BCUT2D eigenvalue weighted by molar-refractivity contribution is 0.455. The second kappa shape index (κ2) is 5.10. The Morgan fingerprint density at radius 2 is 1.76 bits per heavy atom. The minimum atomic E-state index is 0. The Labute approximate surface area is 107 Å². The lowest BCUT2D eigenvalue weighted by Crippen LogP contribution is -1.92. The third-order valence-corrected chi connectivity index (χ3v) is 2.23. The van der Waals surface area contributed by atoms with Crippen LogP contribution in [0.3, 0.4) is 0 Å². The Bertz CT molecular complexity index is 502. The number of aromatic nitrogens is 2. The maximum absolute atomic E-state index is 5.76. The molecule has 0 aliphatic carbocycles. The zero-order chi connectivity index (χ0) is 11.7. The monoisotopic (exact) mass is 253 g/mol. The first-order valence-corrected chi connectivity index (χ1v) is 5.10. The van der Waals surface area contributed by atoms with E-state index in [0.717, 1.165) is 16.9 Å². The average molecular weight is 254 g/mol. The lowest BCUT2D eigenvalue weighted by Gasteiger charge is -2.05. The van der Waals surface area contributed by atoms with Crippen LogP contribution in [-0.4, -0.2) is 9.78 Å². The molecule has 0 atom stereocenters. The van der Waals surface area contributed by atoms with Crippen LogP contribution in [0, 0.1) is 13.8 Å². The van der Waals surface area contributed by atoms with Gasteiger partial charge in [-0.3, -0.25) is 4.68 Å². The third-order valence-electron chi connectivity index (χ3n) is 2.23. The van der Waals surface area contributed by atoms with Crippen molar-refractivity contribution >= 4 is 18.1 Å². The van der Waals surface area contributed by atoms with Crippen molar-refractivity contribution in [3.8, 4) is 11.6 Å². The van der Waals surface area contributed by atoms with Crippen LogP contribution in [-0.2, 0) is 7.05 Å². The summed E-state index contributed by atoms with van der Waals surface area (Å²) in [6.45, 7) is 4.06. The van der Waals surface area contributed by atoms with Crippen LogP contribution in [0.2, 0.25) is 0 Å². The predicted molar refractivity (Wildman–Crippen MR) is 70.9 cm³/mol. The Morgan fingerprint density at radius 1 is 1.18 bits per heavy atom. The summed E-state index contributed by atoms with van der Waals surface area (Å²) >= 11 is 0. The first-order valence-electron chi connectivity index (χ1n) is 5.10. The van der Waals surface area contributed by atoms with E-state index in [2.05, 4.69) is 11.2 Å². The molecule has 0 aliphatic heterocycles. The molecule has 2 aromatic rings. The summed E-state index contributed by atoms with van der Waals surface area (Å²) in [5, 5.41) is 4.13. The summed E-state index contributed by atoms with van der Waals surface area (Å²) in [5.74, 6) is 1.22. The molecule has 0 unspecified atom stereocenters. The molecule has 1 aromatic heterocycles. The summed E-state index contributed by atoms with van der Waals surface area (Å²) in [4.78, 5) is 0. The van der Waals surface area contributed by atoms with E-state index in [0.29, 0.717) is 11.6 Å². The molecule has 0 saturated heterocycles. The van der Waals surface area contributed by atoms with Gasteiger partial charge in [0.25, 0.3) is 5.88 Å². The van der Waals surface area contributed by atoms with Crippen molar-refractivity contribution in [2.24, 2.45) is 7.05 Å². The maximum Gasteiger partial charge on any atom is 0.261 e. The second-order valence-electron chi connectivity index (χ2n) is 3.99. The molecule has 0 amide bonds. The van der Waals surface area contributed by atoms with Gasteiger partial charge >= 0.3 is 0 Å². The number of aryl methyl sites for hydroxylation is 3. The summed E-state index contributed by atoms with van der Waals surface area (Å²) in [5.41, 5.74) is 8.61. The molecule has 1 aromatic carbocycles. The molecule has 0 saturated carbocycles. The Morgan fingerprint density at radius 3 is 2.24 bits per heavy atom. The van der Waals surface area contributed by atoms with Crippen molar-refractivity contribution in [1.82, 2.24) is 9.78 Å². The molecule has 2 rings (SSSR count). The number of nitrogen functional groups attached to an aromatic ring is 1. The highest BCUT2D eigenvalue weighted by molar-refractivity contribution is 5.85. The van der Waals surface area contributed by atoms with Crippen LogP contribution in [0.15, 0.2) is 24.4 Å². The van der Waals surface area contributed by atoms with Gasteiger partial charge in [0.1, 0.15) is 11.4 Å². The molecule has 4 nitrogen and oxygen atoms in total. The van der Waals surface area contributed by atoms with Gasteiger partial charge in [0, 0.05) is 7.05 Å². The van der Waals surface area contributed by atoms with Crippen molar-refractivity contribution in [3.05, 3.63) is 35.5 Å². The SMILES string of the molecule is Cc1cc(C)cc(Oc2nn(C)cc2N)c1.Cl. The van der Waals surface area contributed by atoms with E-state index in [9.17, 15) is 0 Å². The minimum Gasteiger partial charge on any atom is -0.436 e. The van der Waals surface area contributed by atoms with Crippen LogP contribution in [0.1, 0.15) is 11.1 Å². The Hall–Kier alpha value is -1.68. The number of benzene rings is 1. The molecule has 0 aliphatic rings. The van der Waals surface area contributed by atoms with Crippen LogP contribution >= 0.6 is 12.4 Å². The number of nitrogens with two attached hydrogens (primary N) is 1. The first kappa shape index (κ1) is 13.4. The third kappa shape index (κ3) is 3.14. The van der Waals surface area contributed by atoms with Gasteiger partial charge in [-0.2, -0.15) is 0 Å². The maximum atomic E-state index is 5.76. The number of rotatable bonds is 2. The van der Waals surface area contributed by atoms with Gasteiger partial charge in [0.2, 0.25) is 0 Å². The Kier molecular flexibility index (Phi) is 4.02. The molecule has 5 heteroatoms. The fourth-order valence-corrected chi connectivity index (χ4v) is 1.67. The molecule has 0 fully saturated rings. The zero-order valence-electron chi connectivity index (χ0n) is 10.1. The van der Waals surface area contributed by atoms with Gasteiger partial charge in [-0.15, -0.1) is 17.5 Å². The van der Waals surface area contributed by atoms with Gasteiger partial charge in [0.05, 0.1) is 6.20 Å². The number of halogens is 1. The summed E-state index contributed by atoms with van der Waals surface area (Å²) < 4.78 is 7.27. The largest absolute Gasteiger partial charge is 0.436 e. The van der Waals surface area contributed by atoms with Crippen molar-refractivity contribution in [2.45, 2.75) is 13.8 Å².